The summed E-state index contributed by atoms with van der Waals surface area (Å²) in [6, 6.07) is 13.3. The summed E-state index contributed by atoms with van der Waals surface area (Å²) < 4.78 is 27.7. The summed E-state index contributed by atoms with van der Waals surface area (Å²) in [5, 5.41) is 6.54. The number of amides is 2. The van der Waals surface area contributed by atoms with E-state index >= 15 is 0 Å². The Bertz CT molecular complexity index is 981. The summed E-state index contributed by atoms with van der Waals surface area (Å²) in [5.74, 6) is -0.00242. The van der Waals surface area contributed by atoms with Gasteiger partial charge in [0.1, 0.15) is 5.71 Å². The monoisotopic (exact) mass is 357 g/mol. The number of para-hydroxylation sites is 3. The standard InChI is InChI=1S/C18H17F2N5O/c1-11-7-3-4-8-13(11)22-18(26)24-23-12(2)16-21-14-9-5-6-10-15(14)25(16)17(19)20/h3-10,17H,1-2H3,(H2,22,24,26)/b23-12+. The van der Waals surface area contributed by atoms with Crippen LogP contribution in [0.2, 0.25) is 0 Å². The summed E-state index contributed by atoms with van der Waals surface area (Å²) in [6.07, 6.45) is 0. The zero-order valence-corrected chi connectivity index (χ0v) is 14.2. The van der Waals surface area contributed by atoms with E-state index in [0.717, 1.165) is 10.1 Å². The number of hydrogen-bond donors (Lipinski definition) is 2. The van der Waals surface area contributed by atoms with E-state index in [1.165, 1.54) is 6.92 Å². The van der Waals surface area contributed by atoms with Gasteiger partial charge in [0, 0.05) is 5.69 Å². The number of alkyl halides is 2. The fourth-order valence-corrected chi connectivity index (χ4v) is 2.55. The first-order chi connectivity index (χ1) is 12.5. The van der Waals surface area contributed by atoms with E-state index in [1.54, 1.807) is 36.4 Å². The molecule has 0 atom stereocenters. The van der Waals surface area contributed by atoms with Crippen molar-refractivity contribution in [3.05, 3.63) is 59.9 Å². The Labute approximate surface area is 148 Å². The molecule has 0 aliphatic heterocycles. The molecule has 2 aromatic carbocycles. The molecule has 0 aliphatic carbocycles. The van der Waals surface area contributed by atoms with E-state index in [4.69, 9.17) is 0 Å². The molecule has 134 valence electrons. The molecule has 6 nitrogen and oxygen atoms in total. The highest BCUT2D eigenvalue weighted by Gasteiger charge is 2.19. The summed E-state index contributed by atoms with van der Waals surface area (Å²) in [7, 11) is 0. The number of carbonyl (C=O) groups excluding carboxylic acids is 1. The van der Waals surface area contributed by atoms with Gasteiger partial charge in [-0.3, -0.25) is 4.57 Å². The molecule has 0 unspecified atom stereocenters. The van der Waals surface area contributed by atoms with Crippen molar-refractivity contribution in [1.29, 1.82) is 0 Å². The van der Waals surface area contributed by atoms with Gasteiger partial charge in [-0.15, -0.1) is 0 Å². The Balaban J connectivity index is 1.82. The van der Waals surface area contributed by atoms with E-state index in [9.17, 15) is 13.6 Å². The summed E-state index contributed by atoms with van der Waals surface area (Å²) in [6.45, 7) is 0.590. The number of carbonyl (C=O) groups is 1. The molecule has 2 N–H and O–H groups in total. The highest BCUT2D eigenvalue weighted by Crippen LogP contribution is 2.23. The van der Waals surface area contributed by atoms with Crippen LogP contribution >= 0.6 is 0 Å². The zero-order chi connectivity index (χ0) is 18.7. The van der Waals surface area contributed by atoms with Gasteiger partial charge in [0.05, 0.1) is 11.0 Å². The average molecular weight is 357 g/mol. The smallest absolute Gasteiger partial charge is 0.306 e. The molecule has 0 saturated carbocycles. The second-order valence-corrected chi connectivity index (χ2v) is 5.65. The first-order valence-electron chi connectivity index (χ1n) is 7.90. The van der Waals surface area contributed by atoms with Crippen LogP contribution < -0.4 is 10.7 Å². The van der Waals surface area contributed by atoms with E-state index in [1.807, 2.05) is 19.1 Å². The number of aryl methyl sites for hydroxylation is 1. The maximum atomic E-state index is 13.5. The van der Waals surface area contributed by atoms with Crippen LogP contribution in [0.1, 0.15) is 24.9 Å². The Morgan fingerprint density at radius 1 is 1.15 bits per heavy atom. The maximum Gasteiger partial charge on any atom is 0.339 e. The number of nitrogens with one attached hydrogen (secondary N) is 2. The maximum absolute atomic E-state index is 13.5. The van der Waals surface area contributed by atoms with Crippen LogP contribution in [0.4, 0.5) is 19.3 Å². The Hall–Kier alpha value is -3.29. The van der Waals surface area contributed by atoms with E-state index in [2.05, 4.69) is 20.8 Å². The van der Waals surface area contributed by atoms with Crippen molar-refractivity contribution in [2.45, 2.75) is 20.4 Å². The number of hydrogen-bond acceptors (Lipinski definition) is 3. The van der Waals surface area contributed by atoms with Crippen molar-refractivity contribution in [3.63, 3.8) is 0 Å². The van der Waals surface area contributed by atoms with E-state index in [-0.39, 0.29) is 11.5 Å². The molecule has 0 aliphatic rings. The Morgan fingerprint density at radius 2 is 1.85 bits per heavy atom. The summed E-state index contributed by atoms with van der Waals surface area (Å²) in [5.41, 5.74) is 4.74. The number of urea groups is 1. The molecule has 0 fully saturated rings. The number of rotatable bonds is 4. The molecular formula is C18H17F2N5O. The van der Waals surface area contributed by atoms with Crippen molar-refractivity contribution in [2.24, 2.45) is 5.10 Å². The van der Waals surface area contributed by atoms with Gasteiger partial charge >= 0.3 is 12.6 Å². The molecule has 1 aromatic heterocycles. The van der Waals surface area contributed by atoms with Gasteiger partial charge in [-0.05, 0) is 37.6 Å². The number of halogens is 2. The van der Waals surface area contributed by atoms with Gasteiger partial charge in [-0.25, -0.2) is 15.2 Å². The molecule has 0 radical (unpaired) electrons. The van der Waals surface area contributed by atoms with Crippen molar-refractivity contribution >= 4 is 28.5 Å². The zero-order valence-electron chi connectivity index (χ0n) is 14.2. The van der Waals surface area contributed by atoms with Gasteiger partial charge in [-0.1, -0.05) is 30.3 Å². The average Bonchev–Trinajstić information content (AvgIpc) is 3.01. The highest BCUT2D eigenvalue weighted by molar-refractivity contribution is 6.00. The highest BCUT2D eigenvalue weighted by atomic mass is 19.3. The lowest BCUT2D eigenvalue weighted by Gasteiger charge is -2.09. The molecule has 0 spiro atoms. The van der Waals surface area contributed by atoms with Gasteiger partial charge in [0.25, 0.3) is 0 Å². The molecule has 26 heavy (non-hydrogen) atoms. The molecule has 8 heteroatoms. The first kappa shape index (κ1) is 17.5. The number of anilines is 1. The number of fused-ring (bicyclic) bond motifs is 1. The third-order valence-corrected chi connectivity index (χ3v) is 3.83. The minimum absolute atomic E-state index is 0.00242. The predicted octanol–water partition coefficient (Wildman–Crippen LogP) is 4.29. The third-order valence-electron chi connectivity index (χ3n) is 3.83. The van der Waals surface area contributed by atoms with Gasteiger partial charge in [0.2, 0.25) is 0 Å². The normalized spacial score (nSPS) is 11.8. The van der Waals surface area contributed by atoms with Crippen molar-refractivity contribution < 1.29 is 13.6 Å². The fourth-order valence-electron chi connectivity index (χ4n) is 2.55. The lowest BCUT2D eigenvalue weighted by Crippen LogP contribution is -2.26. The SMILES string of the molecule is C/C(=N\NC(=O)Nc1ccccc1C)c1nc2ccccc2n1C(F)F. The molecule has 3 rings (SSSR count). The van der Waals surface area contributed by atoms with Crippen LogP contribution in [-0.2, 0) is 0 Å². The Kier molecular flexibility index (Phi) is 4.92. The Morgan fingerprint density at radius 3 is 2.58 bits per heavy atom. The molecule has 0 saturated heterocycles. The van der Waals surface area contributed by atoms with Crippen LogP contribution in [0.3, 0.4) is 0 Å². The number of hydrazone groups is 1. The van der Waals surface area contributed by atoms with Crippen LogP contribution in [0, 0.1) is 6.92 Å². The quantitative estimate of drug-likeness (QED) is 0.540. The molecular weight excluding hydrogens is 340 g/mol. The van der Waals surface area contributed by atoms with Crippen molar-refractivity contribution in [1.82, 2.24) is 15.0 Å². The van der Waals surface area contributed by atoms with Crippen molar-refractivity contribution in [3.8, 4) is 0 Å². The second kappa shape index (κ2) is 7.30. The molecule has 0 bridgehead atoms. The lowest BCUT2D eigenvalue weighted by atomic mass is 10.2. The second-order valence-electron chi connectivity index (χ2n) is 5.65. The molecule has 1 heterocycles. The van der Waals surface area contributed by atoms with Gasteiger partial charge < -0.3 is 5.32 Å². The molecule has 2 amide bonds. The first-order valence-corrected chi connectivity index (χ1v) is 7.90. The number of imidazole rings is 1. The minimum atomic E-state index is -2.77. The van der Waals surface area contributed by atoms with E-state index in [0.29, 0.717) is 16.7 Å². The van der Waals surface area contributed by atoms with Crippen LogP contribution in [0.15, 0.2) is 53.6 Å². The summed E-state index contributed by atoms with van der Waals surface area (Å²) >= 11 is 0. The van der Waals surface area contributed by atoms with Gasteiger partial charge in [-0.2, -0.15) is 13.9 Å². The molecule has 3 aromatic rings. The van der Waals surface area contributed by atoms with Crippen molar-refractivity contribution in [2.75, 3.05) is 5.32 Å². The predicted molar refractivity (Wildman–Crippen MR) is 96.5 cm³/mol. The number of benzene rings is 2. The summed E-state index contributed by atoms with van der Waals surface area (Å²) in [4.78, 5) is 16.2. The minimum Gasteiger partial charge on any atom is -0.306 e. The number of aromatic nitrogens is 2. The fraction of sp³-hybridized carbons (Fsp3) is 0.167. The number of nitrogens with zero attached hydrogens (tertiary/aromatic N) is 3. The van der Waals surface area contributed by atoms with Gasteiger partial charge in [0.15, 0.2) is 5.82 Å². The third kappa shape index (κ3) is 3.53. The topological polar surface area (TPSA) is 71.3 Å². The lowest BCUT2D eigenvalue weighted by molar-refractivity contribution is 0.0740. The van der Waals surface area contributed by atoms with Crippen LogP contribution in [0.5, 0.6) is 0 Å². The largest absolute Gasteiger partial charge is 0.339 e. The van der Waals surface area contributed by atoms with Crippen LogP contribution in [-0.4, -0.2) is 21.3 Å². The van der Waals surface area contributed by atoms with E-state index < -0.39 is 12.6 Å². The van der Waals surface area contributed by atoms with Crippen LogP contribution in [0.25, 0.3) is 11.0 Å².